The van der Waals surface area contributed by atoms with Gasteiger partial charge in [0.25, 0.3) is 5.91 Å². The van der Waals surface area contributed by atoms with Crippen LogP contribution >= 0.6 is 0 Å². The van der Waals surface area contributed by atoms with Gasteiger partial charge >= 0.3 is 12.1 Å². The van der Waals surface area contributed by atoms with E-state index in [1.54, 1.807) is 6.07 Å². The number of amides is 1. The molecule has 0 unspecified atom stereocenters. The molecule has 2 N–H and O–H groups in total. The highest BCUT2D eigenvalue weighted by molar-refractivity contribution is 6.07. The molecule has 0 radical (unpaired) electrons. The Kier molecular flexibility index (Phi) is 5.72. The molecular formula is C28H21F5N4O3. The maximum Gasteiger partial charge on any atom is 0.416 e. The predicted molar refractivity (Wildman–Crippen MR) is 132 cm³/mol. The number of hydrogen-bond acceptors (Lipinski definition) is 4. The van der Waals surface area contributed by atoms with Crippen molar-refractivity contribution in [3.63, 3.8) is 0 Å². The van der Waals surface area contributed by atoms with Gasteiger partial charge in [0.2, 0.25) is 0 Å². The van der Waals surface area contributed by atoms with Gasteiger partial charge < -0.3 is 10.4 Å². The third-order valence-corrected chi connectivity index (χ3v) is 7.76. The molecule has 0 saturated heterocycles. The van der Waals surface area contributed by atoms with Crippen LogP contribution in [-0.4, -0.2) is 37.5 Å². The van der Waals surface area contributed by atoms with Gasteiger partial charge in [-0.15, -0.1) is 5.10 Å². The quantitative estimate of drug-likeness (QED) is 0.290. The Morgan fingerprint density at radius 3 is 2.27 bits per heavy atom. The smallest absolute Gasteiger partial charge is 0.416 e. The molecular weight excluding hydrogens is 535 g/mol. The van der Waals surface area contributed by atoms with Crippen molar-refractivity contribution in [3.8, 4) is 11.1 Å². The fourth-order valence-electron chi connectivity index (χ4n) is 6.16. The summed E-state index contributed by atoms with van der Waals surface area (Å²) in [6.07, 6.45) is -2.85. The zero-order valence-electron chi connectivity index (χ0n) is 20.7. The molecule has 3 fully saturated rings. The second-order valence-corrected chi connectivity index (χ2v) is 10.8. The first-order valence-electron chi connectivity index (χ1n) is 12.4. The number of carbonyl (C=O) groups is 2. The van der Waals surface area contributed by atoms with Crippen molar-refractivity contribution in [2.75, 3.05) is 0 Å². The van der Waals surface area contributed by atoms with Crippen LogP contribution in [0, 0.1) is 17.0 Å². The lowest BCUT2D eigenvalue weighted by molar-refractivity contribution is -0.172. The number of carboxylic acids is 1. The maximum absolute atomic E-state index is 14.0. The average molecular weight is 556 g/mol. The normalized spacial score (nSPS) is 21.5. The lowest BCUT2D eigenvalue weighted by Gasteiger charge is -2.70. The molecule has 2 bridgehead atoms. The summed E-state index contributed by atoms with van der Waals surface area (Å²) in [7, 11) is 0. The Morgan fingerprint density at radius 2 is 1.65 bits per heavy atom. The minimum atomic E-state index is -4.48. The van der Waals surface area contributed by atoms with Crippen LogP contribution in [-0.2, 0) is 17.5 Å². The molecule has 3 aliphatic rings. The van der Waals surface area contributed by atoms with E-state index >= 15 is 0 Å². The molecule has 0 aliphatic heterocycles. The van der Waals surface area contributed by atoms with Gasteiger partial charge in [-0.05, 0) is 77.8 Å². The number of nitrogens with zero attached hydrogens (tertiary/aromatic N) is 3. The van der Waals surface area contributed by atoms with Crippen LogP contribution in [0.2, 0.25) is 0 Å². The highest BCUT2D eigenvalue weighted by Crippen LogP contribution is 2.69. The monoisotopic (exact) mass is 556 g/mol. The van der Waals surface area contributed by atoms with Crippen molar-refractivity contribution in [1.82, 2.24) is 20.3 Å². The molecule has 1 heterocycles. The zero-order chi connectivity index (χ0) is 28.4. The second kappa shape index (κ2) is 8.83. The van der Waals surface area contributed by atoms with E-state index in [1.165, 1.54) is 28.9 Å². The second-order valence-electron chi connectivity index (χ2n) is 10.8. The lowest BCUT2D eigenvalue weighted by atomic mass is 9.38. The van der Waals surface area contributed by atoms with Crippen molar-refractivity contribution in [2.45, 2.75) is 43.9 Å². The Balaban J connectivity index is 1.36. The fourth-order valence-corrected chi connectivity index (χ4v) is 6.16. The minimum absolute atomic E-state index is 0.0201. The number of carbonyl (C=O) groups excluding carboxylic acids is 1. The summed E-state index contributed by atoms with van der Waals surface area (Å²) in [6.45, 7) is 0.0201. The number of carboxylic acid groups (broad SMARTS) is 1. The van der Waals surface area contributed by atoms with Crippen LogP contribution < -0.4 is 5.32 Å². The fraction of sp³-hybridized carbons (Fsp3) is 0.286. The Labute approximate surface area is 223 Å². The maximum atomic E-state index is 14.0. The van der Waals surface area contributed by atoms with Crippen LogP contribution in [0.1, 0.15) is 47.2 Å². The van der Waals surface area contributed by atoms with E-state index in [9.17, 15) is 31.5 Å². The standard InChI is InChI=1S/C28H21F5N4O3/c29-20-6-3-16(8-21(20)30)17-7-19(25(40)34-27-12-26(13-27,14-27)10-23(38)39)24-22(9-17)35-36-37(24)11-15-1-4-18(5-2-15)28(31,32)33/h1-9H,10-14H2,(H,34,40)(H,38,39). The van der Waals surface area contributed by atoms with Gasteiger partial charge in [0, 0.05) is 5.54 Å². The number of nitrogens with one attached hydrogen (secondary N) is 1. The molecule has 7 rings (SSSR count). The molecule has 3 aliphatic carbocycles. The zero-order valence-corrected chi connectivity index (χ0v) is 20.7. The summed E-state index contributed by atoms with van der Waals surface area (Å²) in [5.41, 5.74) is 0.286. The number of benzene rings is 3. The van der Waals surface area contributed by atoms with Gasteiger partial charge in [0.15, 0.2) is 11.6 Å². The molecule has 1 amide bonds. The molecule has 206 valence electrons. The lowest BCUT2D eigenvalue weighted by Crippen LogP contribution is -2.75. The highest BCUT2D eigenvalue weighted by Gasteiger charge is 2.68. The molecule has 4 aromatic rings. The number of halogens is 5. The topological polar surface area (TPSA) is 97.1 Å². The van der Waals surface area contributed by atoms with Gasteiger partial charge in [-0.1, -0.05) is 23.4 Å². The third-order valence-electron chi connectivity index (χ3n) is 7.76. The number of hydrogen-bond donors (Lipinski definition) is 2. The third kappa shape index (κ3) is 4.46. The van der Waals surface area contributed by atoms with E-state index < -0.39 is 40.8 Å². The average Bonchev–Trinajstić information content (AvgIpc) is 3.25. The summed E-state index contributed by atoms with van der Waals surface area (Å²) in [5, 5.41) is 20.4. The molecule has 3 aromatic carbocycles. The van der Waals surface area contributed by atoms with Crippen molar-refractivity contribution in [1.29, 1.82) is 0 Å². The van der Waals surface area contributed by atoms with Gasteiger partial charge in [0.1, 0.15) is 11.0 Å². The molecule has 0 spiro atoms. The summed E-state index contributed by atoms with van der Waals surface area (Å²) >= 11 is 0. The number of fused-ring (bicyclic) bond motifs is 1. The SMILES string of the molecule is O=C(O)CC12CC(NC(=O)c3cc(-c4ccc(F)c(F)c4)cc4nnn(Cc5ccc(C(F)(F)F)cc5)c34)(C1)C2. The summed E-state index contributed by atoms with van der Waals surface area (Å²) < 4.78 is 67.9. The molecule has 1 aromatic heterocycles. The van der Waals surface area contributed by atoms with Crippen LogP contribution in [0.25, 0.3) is 22.2 Å². The van der Waals surface area contributed by atoms with Gasteiger partial charge in [-0.3, -0.25) is 9.59 Å². The Morgan fingerprint density at radius 1 is 0.950 bits per heavy atom. The predicted octanol–water partition coefficient (Wildman–Crippen LogP) is 5.57. The molecule has 12 heteroatoms. The van der Waals surface area contributed by atoms with E-state index in [4.69, 9.17) is 5.11 Å². The molecule has 0 atom stereocenters. The van der Waals surface area contributed by atoms with Gasteiger partial charge in [-0.25, -0.2) is 13.5 Å². The van der Waals surface area contributed by atoms with Crippen molar-refractivity contribution in [2.24, 2.45) is 5.41 Å². The van der Waals surface area contributed by atoms with E-state index in [0.717, 1.165) is 24.3 Å². The van der Waals surface area contributed by atoms with Gasteiger partial charge in [0.05, 0.1) is 24.1 Å². The molecule has 40 heavy (non-hydrogen) atoms. The van der Waals surface area contributed by atoms with Crippen LogP contribution in [0.3, 0.4) is 0 Å². The van der Waals surface area contributed by atoms with E-state index in [2.05, 4.69) is 15.6 Å². The molecule has 7 nitrogen and oxygen atoms in total. The van der Waals surface area contributed by atoms with Gasteiger partial charge in [-0.2, -0.15) is 13.2 Å². The first kappa shape index (κ1) is 25.9. The van der Waals surface area contributed by atoms with Crippen LogP contribution in [0.5, 0.6) is 0 Å². The van der Waals surface area contributed by atoms with Crippen molar-refractivity contribution in [3.05, 3.63) is 82.9 Å². The van der Waals surface area contributed by atoms with Crippen molar-refractivity contribution < 1.29 is 36.6 Å². The van der Waals surface area contributed by atoms with E-state index in [0.29, 0.717) is 41.5 Å². The Bertz CT molecular complexity index is 1660. The Hall–Kier alpha value is -4.35. The molecule has 3 saturated carbocycles. The first-order valence-corrected chi connectivity index (χ1v) is 12.4. The number of aromatic nitrogens is 3. The summed E-state index contributed by atoms with van der Waals surface area (Å²) in [6, 6.07) is 11.0. The van der Waals surface area contributed by atoms with Crippen molar-refractivity contribution >= 4 is 22.9 Å². The van der Waals surface area contributed by atoms with Crippen LogP contribution in [0.4, 0.5) is 22.0 Å². The largest absolute Gasteiger partial charge is 0.481 e. The number of aliphatic carboxylic acids is 1. The number of rotatable bonds is 7. The summed E-state index contributed by atoms with van der Waals surface area (Å²) in [4.78, 5) is 24.8. The van der Waals surface area contributed by atoms with Crippen LogP contribution in [0.15, 0.2) is 54.6 Å². The number of alkyl halides is 3. The first-order chi connectivity index (χ1) is 18.9. The van der Waals surface area contributed by atoms with E-state index in [-0.39, 0.29) is 29.5 Å². The highest BCUT2D eigenvalue weighted by atomic mass is 19.4. The minimum Gasteiger partial charge on any atom is -0.481 e. The van der Waals surface area contributed by atoms with E-state index in [1.807, 2.05) is 0 Å². The summed E-state index contributed by atoms with van der Waals surface area (Å²) in [5.74, 6) is -3.45.